The van der Waals surface area contributed by atoms with Crippen LogP contribution in [-0.2, 0) is 5.60 Å². The van der Waals surface area contributed by atoms with E-state index in [1.165, 1.54) is 6.07 Å². The Balaban J connectivity index is 3.10. The molecule has 2 nitrogen and oxygen atoms in total. The summed E-state index contributed by atoms with van der Waals surface area (Å²) in [4.78, 5) is 0. The van der Waals surface area contributed by atoms with Gasteiger partial charge in [0.2, 0.25) is 0 Å². The fraction of sp³-hybridized carbons (Fsp3) is 0.500. The third-order valence-corrected chi connectivity index (χ3v) is 3.07. The summed E-state index contributed by atoms with van der Waals surface area (Å²) >= 11 is 0. The van der Waals surface area contributed by atoms with Crippen molar-refractivity contribution >= 4 is 0 Å². The Bertz CT molecular complexity index is 349. The lowest BCUT2D eigenvalue weighted by Crippen LogP contribution is -2.34. The second-order valence-electron chi connectivity index (χ2n) is 4.25. The molecule has 3 N–H and O–H groups in total. The average molecular weight is 211 g/mol. The summed E-state index contributed by atoms with van der Waals surface area (Å²) in [5.74, 6) is -0.406. The molecule has 0 amide bonds. The maximum absolute atomic E-state index is 13.3. The highest BCUT2D eigenvalue weighted by Gasteiger charge is 2.29. The van der Waals surface area contributed by atoms with Gasteiger partial charge in [-0.1, -0.05) is 19.1 Å². The molecule has 84 valence electrons. The monoisotopic (exact) mass is 211 g/mol. The number of benzene rings is 1. The van der Waals surface area contributed by atoms with Crippen LogP contribution in [-0.4, -0.2) is 11.7 Å². The molecule has 1 aromatic rings. The zero-order valence-corrected chi connectivity index (χ0v) is 9.42. The predicted octanol–water partition coefficient (Wildman–Crippen LogP) is 1.94. The zero-order chi connectivity index (χ0) is 11.6. The van der Waals surface area contributed by atoms with Gasteiger partial charge in [-0.05, 0) is 37.6 Å². The van der Waals surface area contributed by atoms with Crippen LogP contribution in [0.5, 0.6) is 0 Å². The predicted molar refractivity (Wildman–Crippen MR) is 58.9 cm³/mol. The van der Waals surface area contributed by atoms with Crippen LogP contribution in [0, 0.1) is 18.7 Å². The van der Waals surface area contributed by atoms with Crippen LogP contribution in [0.4, 0.5) is 4.39 Å². The van der Waals surface area contributed by atoms with Crippen molar-refractivity contribution in [3.8, 4) is 0 Å². The van der Waals surface area contributed by atoms with E-state index in [0.29, 0.717) is 17.7 Å². The van der Waals surface area contributed by atoms with Crippen LogP contribution >= 0.6 is 0 Å². The van der Waals surface area contributed by atoms with E-state index >= 15 is 0 Å². The van der Waals surface area contributed by atoms with Crippen LogP contribution in [0.25, 0.3) is 0 Å². The van der Waals surface area contributed by atoms with Gasteiger partial charge in [0.25, 0.3) is 0 Å². The summed E-state index contributed by atoms with van der Waals surface area (Å²) in [5.41, 5.74) is 5.58. The first kappa shape index (κ1) is 12.1. The molecule has 2 atom stereocenters. The van der Waals surface area contributed by atoms with E-state index in [9.17, 15) is 9.50 Å². The zero-order valence-electron chi connectivity index (χ0n) is 9.42. The Labute approximate surface area is 89.9 Å². The average Bonchev–Trinajstić information content (AvgIpc) is 2.20. The number of hydrogen-bond donors (Lipinski definition) is 2. The molecule has 0 aliphatic carbocycles. The minimum absolute atomic E-state index is 0.111. The van der Waals surface area contributed by atoms with E-state index in [1.54, 1.807) is 26.0 Å². The molecule has 0 heterocycles. The molecule has 15 heavy (non-hydrogen) atoms. The molecular weight excluding hydrogens is 193 g/mol. The van der Waals surface area contributed by atoms with Gasteiger partial charge in [-0.25, -0.2) is 4.39 Å². The Hall–Kier alpha value is -0.930. The minimum Gasteiger partial charge on any atom is -0.385 e. The molecule has 1 aromatic carbocycles. The van der Waals surface area contributed by atoms with Gasteiger partial charge < -0.3 is 10.8 Å². The summed E-state index contributed by atoms with van der Waals surface area (Å²) in [6, 6.07) is 4.79. The highest BCUT2D eigenvalue weighted by atomic mass is 19.1. The molecule has 3 heteroatoms. The van der Waals surface area contributed by atoms with E-state index < -0.39 is 5.60 Å². The van der Waals surface area contributed by atoms with Crippen molar-refractivity contribution in [2.75, 3.05) is 6.54 Å². The Morgan fingerprint density at radius 3 is 2.60 bits per heavy atom. The number of hydrogen-bond acceptors (Lipinski definition) is 2. The first-order valence-corrected chi connectivity index (χ1v) is 5.08. The van der Waals surface area contributed by atoms with E-state index in [4.69, 9.17) is 5.73 Å². The highest BCUT2D eigenvalue weighted by molar-refractivity contribution is 5.28. The molecule has 0 saturated heterocycles. The van der Waals surface area contributed by atoms with Gasteiger partial charge >= 0.3 is 0 Å². The minimum atomic E-state index is -1.08. The van der Waals surface area contributed by atoms with Gasteiger partial charge in [0.15, 0.2) is 0 Å². The van der Waals surface area contributed by atoms with Gasteiger partial charge in [-0.2, -0.15) is 0 Å². The molecule has 0 fully saturated rings. The van der Waals surface area contributed by atoms with Crippen molar-refractivity contribution in [1.29, 1.82) is 0 Å². The van der Waals surface area contributed by atoms with Crippen molar-refractivity contribution < 1.29 is 9.50 Å². The summed E-state index contributed by atoms with van der Waals surface area (Å²) in [6.07, 6.45) is 0. The lowest BCUT2D eigenvalue weighted by Gasteiger charge is -2.30. The van der Waals surface area contributed by atoms with Crippen LogP contribution in [0.15, 0.2) is 18.2 Å². The van der Waals surface area contributed by atoms with Crippen LogP contribution in [0.2, 0.25) is 0 Å². The molecule has 0 saturated carbocycles. The van der Waals surface area contributed by atoms with Crippen molar-refractivity contribution in [2.45, 2.75) is 26.4 Å². The van der Waals surface area contributed by atoms with Gasteiger partial charge in [-0.15, -0.1) is 0 Å². The Kier molecular flexibility index (Phi) is 3.47. The van der Waals surface area contributed by atoms with Crippen LogP contribution in [0.1, 0.15) is 25.0 Å². The van der Waals surface area contributed by atoms with Crippen molar-refractivity contribution in [3.63, 3.8) is 0 Å². The lowest BCUT2D eigenvalue weighted by atomic mass is 9.84. The first-order valence-electron chi connectivity index (χ1n) is 5.08. The molecular formula is C12H18FNO. The largest absolute Gasteiger partial charge is 0.385 e. The number of halogens is 1. The number of aliphatic hydroxyl groups is 1. The van der Waals surface area contributed by atoms with Gasteiger partial charge in [-0.3, -0.25) is 0 Å². The second-order valence-corrected chi connectivity index (χ2v) is 4.25. The normalized spacial score (nSPS) is 17.2. The standard InChI is InChI=1S/C12H18FNO/c1-8-4-5-10(6-11(8)13)12(3,15)9(2)7-14/h4-6,9,15H,7,14H2,1-3H3. The number of aryl methyl sites for hydroxylation is 1. The van der Waals surface area contributed by atoms with Crippen molar-refractivity contribution in [2.24, 2.45) is 11.7 Å². The molecule has 0 aliphatic rings. The smallest absolute Gasteiger partial charge is 0.126 e. The van der Waals surface area contributed by atoms with E-state index in [-0.39, 0.29) is 11.7 Å². The van der Waals surface area contributed by atoms with Crippen LogP contribution in [0.3, 0.4) is 0 Å². The number of nitrogens with two attached hydrogens (primary N) is 1. The van der Waals surface area contributed by atoms with Crippen LogP contribution < -0.4 is 5.73 Å². The molecule has 0 radical (unpaired) electrons. The third kappa shape index (κ3) is 2.36. The van der Waals surface area contributed by atoms with Gasteiger partial charge in [0.05, 0.1) is 5.60 Å². The van der Waals surface area contributed by atoms with E-state index in [1.807, 2.05) is 6.92 Å². The molecule has 0 aromatic heterocycles. The van der Waals surface area contributed by atoms with Gasteiger partial charge in [0.1, 0.15) is 5.82 Å². The summed E-state index contributed by atoms with van der Waals surface area (Å²) < 4.78 is 13.3. The molecule has 2 unspecified atom stereocenters. The number of rotatable bonds is 3. The molecule has 0 bridgehead atoms. The van der Waals surface area contributed by atoms with Crippen molar-refractivity contribution in [3.05, 3.63) is 35.1 Å². The second kappa shape index (κ2) is 4.29. The topological polar surface area (TPSA) is 46.2 Å². The lowest BCUT2D eigenvalue weighted by molar-refractivity contribution is 0.00491. The van der Waals surface area contributed by atoms with E-state index in [0.717, 1.165) is 0 Å². The SMILES string of the molecule is Cc1ccc(C(C)(O)C(C)CN)cc1F. The summed E-state index contributed by atoms with van der Waals surface area (Å²) in [6.45, 7) is 5.56. The van der Waals surface area contributed by atoms with E-state index in [2.05, 4.69) is 0 Å². The maximum Gasteiger partial charge on any atom is 0.126 e. The quantitative estimate of drug-likeness (QED) is 0.802. The third-order valence-electron chi connectivity index (χ3n) is 3.07. The molecule has 0 aliphatic heterocycles. The maximum atomic E-state index is 13.3. The fourth-order valence-electron chi connectivity index (χ4n) is 1.42. The first-order chi connectivity index (χ1) is 6.89. The highest BCUT2D eigenvalue weighted by Crippen LogP contribution is 2.29. The summed E-state index contributed by atoms with van der Waals surface area (Å²) in [5, 5.41) is 10.2. The van der Waals surface area contributed by atoms with Crippen molar-refractivity contribution in [1.82, 2.24) is 0 Å². The Morgan fingerprint density at radius 1 is 1.53 bits per heavy atom. The Morgan fingerprint density at radius 2 is 2.13 bits per heavy atom. The van der Waals surface area contributed by atoms with Gasteiger partial charge in [0, 0.05) is 5.92 Å². The molecule has 0 spiro atoms. The summed E-state index contributed by atoms with van der Waals surface area (Å²) in [7, 11) is 0. The fourth-order valence-corrected chi connectivity index (χ4v) is 1.42. The molecule has 1 rings (SSSR count).